The number of benzene rings is 3. The van der Waals surface area contributed by atoms with Crippen molar-refractivity contribution in [2.75, 3.05) is 14.2 Å². The summed E-state index contributed by atoms with van der Waals surface area (Å²) in [5.41, 5.74) is 2.90. The van der Waals surface area contributed by atoms with E-state index in [0.29, 0.717) is 20.9 Å². The van der Waals surface area contributed by atoms with E-state index < -0.39 is 0 Å². The highest BCUT2D eigenvalue weighted by Gasteiger charge is 2.33. The molecule has 33 heavy (non-hydrogen) atoms. The molecule has 0 amide bonds. The van der Waals surface area contributed by atoms with Crippen LogP contribution in [0.4, 0.5) is 0 Å². The maximum absolute atomic E-state index is 12.3. The maximum atomic E-state index is 12.3. The summed E-state index contributed by atoms with van der Waals surface area (Å²) < 4.78 is 17.8. The molecule has 2 atom stereocenters. The van der Waals surface area contributed by atoms with Gasteiger partial charge >= 0.3 is 0 Å². The predicted octanol–water partition coefficient (Wildman–Crippen LogP) is 6.50. The van der Waals surface area contributed by atoms with Gasteiger partial charge in [0.25, 0.3) is 0 Å². The summed E-state index contributed by atoms with van der Waals surface area (Å²) in [5.74, 6) is 2.18. The van der Waals surface area contributed by atoms with Gasteiger partial charge in [0.05, 0.1) is 14.2 Å². The highest BCUT2D eigenvalue weighted by molar-refractivity contribution is 7.48. The number of carbonyl (C=O) groups is 1. The zero-order valence-electron chi connectivity index (χ0n) is 20.1. The smallest absolute Gasteiger partial charge is 0.166 e. The quantitative estimate of drug-likeness (QED) is 0.240. The number of rotatable bonds is 11. The van der Waals surface area contributed by atoms with E-state index in [1.54, 1.807) is 21.1 Å². The second-order valence-corrected chi connectivity index (χ2v) is 10.2. The number of Topliss-reactive ketones (excluding diaryl/α,β-unsaturated/α-hetero) is 1. The molecule has 4 nitrogen and oxygen atoms in total. The van der Waals surface area contributed by atoms with Crippen LogP contribution >= 0.6 is 8.58 Å². The standard InChI is InChI=1S/C28H33O4P/c1-6-16-28(3,33-26-15-11-10-14-23(26)20(2)29)24-17-22(30-4)18-25(31-5)27(24)32-19-21-12-8-7-9-13-21/h7-15,17-18,33H,6,16,19H2,1-5H3. The Morgan fingerprint density at radius 3 is 2.30 bits per heavy atom. The number of methoxy groups -OCH3 is 2. The van der Waals surface area contributed by atoms with E-state index >= 15 is 0 Å². The third kappa shape index (κ3) is 5.94. The Bertz CT molecular complexity index is 1080. The van der Waals surface area contributed by atoms with Crippen LogP contribution in [-0.4, -0.2) is 20.0 Å². The molecule has 3 rings (SSSR count). The molecule has 0 fully saturated rings. The lowest BCUT2D eigenvalue weighted by Crippen LogP contribution is -2.23. The maximum Gasteiger partial charge on any atom is 0.166 e. The molecular formula is C28H33O4P. The molecule has 0 aliphatic carbocycles. The summed E-state index contributed by atoms with van der Waals surface area (Å²) in [4.78, 5) is 12.3. The minimum absolute atomic E-state index is 0.0840. The molecule has 0 saturated heterocycles. The normalized spacial score (nSPS) is 13.0. The molecule has 0 aromatic heterocycles. The summed E-state index contributed by atoms with van der Waals surface area (Å²) >= 11 is 0. The van der Waals surface area contributed by atoms with Crippen LogP contribution in [-0.2, 0) is 11.8 Å². The molecule has 0 bridgehead atoms. The molecule has 0 heterocycles. The molecular weight excluding hydrogens is 431 g/mol. The monoisotopic (exact) mass is 464 g/mol. The van der Waals surface area contributed by atoms with Crippen molar-refractivity contribution in [2.24, 2.45) is 0 Å². The second kappa shape index (κ2) is 11.3. The minimum atomic E-state index is -0.270. The summed E-state index contributed by atoms with van der Waals surface area (Å²) in [6.07, 6.45) is 1.92. The lowest BCUT2D eigenvalue weighted by Gasteiger charge is -2.33. The Labute approximate surface area is 199 Å². The molecule has 0 aliphatic heterocycles. The molecule has 0 saturated carbocycles. The minimum Gasteiger partial charge on any atom is -0.497 e. The van der Waals surface area contributed by atoms with Crippen molar-refractivity contribution in [3.05, 3.63) is 83.4 Å². The molecule has 0 aliphatic rings. The number of carbonyl (C=O) groups excluding carboxylic acids is 1. The van der Waals surface area contributed by atoms with E-state index in [1.807, 2.05) is 54.6 Å². The highest BCUT2D eigenvalue weighted by Crippen LogP contribution is 2.52. The highest BCUT2D eigenvalue weighted by atomic mass is 31.1. The van der Waals surface area contributed by atoms with Gasteiger partial charge in [-0.3, -0.25) is 4.79 Å². The lowest BCUT2D eigenvalue weighted by molar-refractivity contribution is 0.101. The summed E-state index contributed by atoms with van der Waals surface area (Å²) in [5, 5.41) is 0.797. The fourth-order valence-electron chi connectivity index (χ4n) is 4.10. The SMILES string of the molecule is CCCC(C)(Pc1ccccc1C(C)=O)c1cc(OC)cc(OC)c1OCc1ccccc1. The van der Waals surface area contributed by atoms with Gasteiger partial charge in [0.15, 0.2) is 17.3 Å². The number of ketones is 1. The zero-order valence-corrected chi connectivity index (χ0v) is 21.1. The van der Waals surface area contributed by atoms with Crippen molar-refractivity contribution in [2.45, 2.75) is 45.4 Å². The first kappa shape index (κ1) is 24.8. The molecule has 0 N–H and O–H groups in total. The van der Waals surface area contributed by atoms with Crippen molar-refractivity contribution >= 4 is 19.7 Å². The van der Waals surface area contributed by atoms with Crippen LogP contribution < -0.4 is 19.5 Å². The van der Waals surface area contributed by atoms with Crippen molar-refractivity contribution < 1.29 is 19.0 Å². The average Bonchev–Trinajstić information content (AvgIpc) is 2.83. The Morgan fingerprint density at radius 2 is 1.67 bits per heavy atom. The second-order valence-electron chi connectivity index (χ2n) is 8.29. The first-order valence-electron chi connectivity index (χ1n) is 11.2. The van der Waals surface area contributed by atoms with E-state index in [-0.39, 0.29) is 10.9 Å². The number of hydrogen-bond donors (Lipinski definition) is 0. The van der Waals surface area contributed by atoms with Gasteiger partial charge in [-0.25, -0.2) is 0 Å². The van der Waals surface area contributed by atoms with E-state index in [0.717, 1.165) is 46.3 Å². The van der Waals surface area contributed by atoms with Crippen molar-refractivity contribution in [1.82, 2.24) is 0 Å². The first-order valence-corrected chi connectivity index (χ1v) is 12.2. The van der Waals surface area contributed by atoms with Crippen LogP contribution in [0, 0.1) is 0 Å². The largest absolute Gasteiger partial charge is 0.497 e. The molecule has 5 heteroatoms. The van der Waals surface area contributed by atoms with Crippen LogP contribution in [0.3, 0.4) is 0 Å². The third-order valence-electron chi connectivity index (χ3n) is 5.77. The molecule has 0 spiro atoms. The van der Waals surface area contributed by atoms with Crippen LogP contribution in [0.5, 0.6) is 17.2 Å². The Morgan fingerprint density at radius 1 is 0.970 bits per heavy atom. The lowest BCUT2D eigenvalue weighted by atomic mass is 9.93. The van der Waals surface area contributed by atoms with E-state index in [4.69, 9.17) is 14.2 Å². The van der Waals surface area contributed by atoms with Gasteiger partial charge in [-0.1, -0.05) is 83.4 Å². The molecule has 3 aromatic carbocycles. The molecule has 0 radical (unpaired) electrons. The number of ether oxygens (including phenoxy) is 3. The van der Waals surface area contributed by atoms with Crippen LogP contribution in [0.15, 0.2) is 66.7 Å². The van der Waals surface area contributed by atoms with Gasteiger partial charge < -0.3 is 14.2 Å². The Kier molecular flexibility index (Phi) is 8.52. The van der Waals surface area contributed by atoms with E-state index in [9.17, 15) is 4.79 Å². The average molecular weight is 465 g/mol. The summed E-state index contributed by atoms with van der Waals surface area (Å²) in [7, 11) is 3.69. The molecule has 174 valence electrons. The Balaban J connectivity index is 2.11. The van der Waals surface area contributed by atoms with Gasteiger partial charge in [-0.05, 0) is 30.3 Å². The van der Waals surface area contributed by atoms with Gasteiger partial charge in [0.1, 0.15) is 12.4 Å². The van der Waals surface area contributed by atoms with Crippen molar-refractivity contribution in [3.8, 4) is 17.2 Å². The first-order chi connectivity index (χ1) is 15.9. The number of hydrogen-bond acceptors (Lipinski definition) is 4. The zero-order chi connectivity index (χ0) is 23.8. The van der Waals surface area contributed by atoms with E-state index in [1.165, 1.54) is 0 Å². The van der Waals surface area contributed by atoms with Gasteiger partial charge in [0.2, 0.25) is 0 Å². The van der Waals surface area contributed by atoms with Gasteiger partial charge in [0, 0.05) is 22.3 Å². The predicted molar refractivity (Wildman–Crippen MR) is 137 cm³/mol. The Hall–Kier alpha value is -2.84. The van der Waals surface area contributed by atoms with Crippen LogP contribution in [0.25, 0.3) is 0 Å². The fourth-order valence-corrected chi connectivity index (χ4v) is 5.96. The topological polar surface area (TPSA) is 44.8 Å². The summed E-state index contributed by atoms with van der Waals surface area (Å²) in [6.45, 7) is 6.49. The van der Waals surface area contributed by atoms with Gasteiger partial charge in [-0.2, -0.15) is 0 Å². The third-order valence-corrected chi connectivity index (χ3v) is 7.55. The summed E-state index contributed by atoms with van der Waals surface area (Å²) in [6, 6.07) is 21.9. The molecule has 3 aromatic rings. The van der Waals surface area contributed by atoms with Crippen molar-refractivity contribution in [1.29, 1.82) is 0 Å². The fraction of sp³-hybridized carbons (Fsp3) is 0.321. The van der Waals surface area contributed by atoms with Crippen LogP contribution in [0.1, 0.15) is 55.1 Å². The van der Waals surface area contributed by atoms with Gasteiger partial charge in [-0.15, -0.1) is 0 Å². The van der Waals surface area contributed by atoms with E-state index in [2.05, 4.69) is 26.0 Å². The van der Waals surface area contributed by atoms with Crippen LogP contribution in [0.2, 0.25) is 0 Å². The molecule has 2 unspecified atom stereocenters. The van der Waals surface area contributed by atoms with Crippen molar-refractivity contribution in [3.63, 3.8) is 0 Å².